The first-order valence-electron chi connectivity index (χ1n) is 8.08. The van der Waals surface area contributed by atoms with Gasteiger partial charge in [-0.05, 0) is 57.2 Å². The van der Waals surface area contributed by atoms with Gasteiger partial charge in [0.25, 0.3) is 0 Å². The summed E-state index contributed by atoms with van der Waals surface area (Å²) in [6, 6.07) is 8.63. The summed E-state index contributed by atoms with van der Waals surface area (Å²) >= 11 is 0. The first-order chi connectivity index (χ1) is 10.2. The molecule has 0 bridgehead atoms. The molecule has 0 radical (unpaired) electrons. The first kappa shape index (κ1) is 14.4. The lowest BCUT2D eigenvalue weighted by atomic mass is 9.90. The Bertz CT molecular complexity index is 479. The first-order valence-corrected chi connectivity index (χ1v) is 8.08. The molecule has 2 heterocycles. The van der Waals surface area contributed by atoms with Crippen molar-refractivity contribution in [2.24, 2.45) is 5.92 Å². The summed E-state index contributed by atoms with van der Waals surface area (Å²) < 4.78 is 0. The summed E-state index contributed by atoms with van der Waals surface area (Å²) in [5.74, 6) is 0.616. The second-order valence-electron chi connectivity index (χ2n) is 6.35. The minimum absolute atomic E-state index is 0.0431. The summed E-state index contributed by atoms with van der Waals surface area (Å²) in [5.41, 5.74) is 2.09. The number of benzene rings is 1. The van der Waals surface area contributed by atoms with E-state index in [9.17, 15) is 4.79 Å². The number of hydrogen-bond donors (Lipinski definition) is 2. The molecule has 3 rings (SSSR count). The van der Waals surface area contributed by atoms with Crippen LogP contribution in [0.15, 0.2) is 24.3 Å². The molecule has 4 heteroatoms. The predicted molar refractivity (Wildman–Crippen MR) is 85.5 cm³/mol. The van der Waals surface area contributed by atoms with Crippen molar-refractivity contribution in [2.75, 3.05) is 25.0 Å². The number of urea groups is 1. The van der Waals surface area contributed by atoms with E-state index < -0.39 is 0 Å². The highest BCUT2D eigenvalue weighted by Gasteiger charge is 2.30. The van der Waals surface area contributed by atoms with Crippen LogP contribution in [0.25, 0.3) is 0 Å². The highest BCUT2D eigenvalue weighted by molar-refractivity contribution is 5.89. The van der Waals surface area contributed by atoms with Gasteiger partial charge in [-0.3, -0.25) is 0 Å². The number of carbonyl (C=O) groups excluding carboxylic acids is 1. The SMILES string of the molecule is Cc1ccc(NC(=O)N2CCCC(C3CCCN3)C2)cc1. The molecule has 0 saturated carbocycles. The summed E-state index contributed by atoms with van der Waals surface area (Å²) in [4.78, 5) is 14.4. The maximum atomic E-state index is 12.4. The third-order valence-corrected chi connectivity index (χ3v) is 4.72. The topological polar surface area (TPSA) is 44.4 Å². The number of rotatable bonds is 2. The van der Waals surface area contributed by atoms with Crippen molar-refractivity contribution in [1.29, 1.82) is 0 Å². The molecule has 1 aromatic rings. The average Bonchev–Trinajstić information content (AvgIpc) is 3.04. The van der Waals surface area contributed by atoms with Gasteiger partial charge in [-0.15, -0.1) is 0 Å². The van der Waals surface area contributed by atoms with Crippen LogP contribution in [0, 0.1) is 12.8 Å². The van der Waals surface area contributed by atoms with Crippen molar-refractivity contribution >= 4 is 11.7 Å². The van der Waals surface area contributed by atoms with Crippen molar-refractivity contribution in [2.45, 2.75) is 38.6 Å². The van der Waals surface area contributed by atoms with Gasteiger partial charge in [0, 0.05) is 24.8 Å². The molecule has 4 nitrogen and oxygen atoms in total. The van der Waals surface area contributed by atoms with Crippen molar-refractivity contribution in [1.82, 2.24) is 10.2 Å². The van der Waals surface area contributed by atoms with E-state index in [-0.39, 0.29) is 6.03 Å². The zero-order chi connectivity index (χ0) is 14.7. The predicted octanol–water partition coefficient (Wildman–Crippen LogP) is 2.99. The van der Waals surface area contributed by atoms with Crippen LogP contribution in [0.2, 0.25) is 0 Å². The number of nitrogens with zero attached hydrogens (tertiary/aromatic N) is 1. The van der Waals surface area contributed by atoms with E-state index in [0.29, 0.717) is 12.0 Å². The highest BCUT2D eigenvalue weighted by atomic mass is 16.2. The van der Waals surface area contributed by atoms with Crippen LogP contribution in [0.1, 0.15) is 31.2 Å². The van der Waals surface area contributed by atoms with E-state index in [4.69, 9.17) is 0 Å². The molecular weight excluding hydrogens is 262 g/mol. The molecule has 2 saturated heterocycles. The van der Waals surface area contributed by atoms with E-state index in [0.717, 1.165) is 31.7 Å². The van der Waals surface area contributed by atoms with Gasteiger partial charge in [-0.25, -0.2) is 4.79 Å². The van der Waals surface area contributed by atoms with Crippen LogP contribution < -0.4 is 10.6 Å². The van der Waals surface area contributed by atoms with Crippen molar-refractivity contribution in [3.8, 4) is 0 Å². The second-order valence-corrected chi connectivity index (χ2v) is 6.35. The fourth-order valence-electron chi connectivity index (χ4n) is 3.48. The standard InChI is InChI=1S/C17H25N3O/c1-13-6-8-15(9-7-13)19-17(21)20-11-3-4-14(12-20)16-5-2-10-18-16/h6-9,14,16,18H,2-5,10-12H2,1H3,(H,19,21). The Labute approximate surface area is 126 Å². The quantitative estimate of drug-likeness (QED) is 0.878. The number of piperidine rings is 1. The third kappa shape index (κ3) is 3.56. The maximum Gasteiger partial charge on any atom is 0.321 e. The molecule has 21 heavy (non-hydrogen) atoms. The van der Waals surface area contributed by atoms with Gasteiger partial charge in [0.15, 0.2) is 0 Å². The zero-order valence-electron chi connectivity index (χ0n) is 12.8. The fraction of sp³-hybridized carbons (Fsp3) is 0.588. The fourth-order valence-corrected chi connectivity index (χ4v) is 3.48. The minimum Gasteiger partial charge on any atom is -0.324 e. The summed E-state index contributed by atoms with van der Waals surface area (Å²) in [7, 11) is 0. The Morgan fingerprint density at radius 2 is 2.05 bits per heavy atom. The molecule has 2 aliphatic rings. The molecule has 0 aliphatic carbocycles. The smallest absolute Gasteiger partial charge is 0.321 e. The van der Waals surface area contributed by atoms with Crippen LogP contribution in [0.3, 0.4) is 0 Å². The molecule has 1 aromatic carbocycles. The highest BCUT2D eigenvalue weighted by Crippen LogP contribution is 2.25. The Morgan fingerprint density at radius 3 is 2.76 bits per heavy atom. The van der Waals surface area contributed by atoms with E-state index in [1.54, 1.807) is 0 Å². The Hall–Kier alpha value is -1.55. The Morgan fingerprint density at radius 1 is 1.24 bits per heavy atom. The number of likely N-dealkylation sites (tertiary alicyclic amines) is 1. The lowest BCUT2D eigenvalue weighted by Crippen LogP contribution is -2.47. The minimum atomic E-state index is 0.0431. The number of aryl methyl sites for hydroxylation is 1. The zero-order valence-corrected chi connectivity index (χ0v) is 12.8. The lowest BCUT2D eigenvalue weighted by molar-refractivity contribution is 0.163. The van der Waals surface area contributed by atoms with Gasteiger partial charge < -0.3 is 15.5 Å². The number of carbonyl (C=O) groups is 1. The number of anilines is 1. The van der Waals surface area contributed by atoms with Crippen molar-refractivity contribution in [3.05, 3.63) is 29.8 Å². The van der Waals surface area contributed by atoms with Crippen molar-refractivity contribution < 1.29 is 4.79 Å². The van der Waals surface area contributed by atoms with Gasteiger partial charge in [0.2, 0.25) is 0 Å². The number of hydrogen-bond acceptors (Lipinski definition) is 2. The maximum absolute atomic E-state index is 12.4. The van der Waals surface area contributed by atoms with Gasteiger partial charge in [0.05, 0.1) is 0 Å². The average molecular weight is 287 g/mol. The summed E-state index contributed by atoms with van der Waals surface area (Å²) in [6.45, 7) is 4.95. The molecular formula is C17H25N3O. The van der Waals surface area contributed by atoms with E-state index in [1.807, 2.05) is 29.2 Å². The molecule has 0 aromatic heterocycles. The van der Waals surface area contributed by atoms with Gasteiger partial charge in [-0.2, -0.15) is 0 Å². The third-order valence-electron chi connectivity index (χ3n) is 4.72. The monoisotopic (exact) mass is 287 g/mol. The lowest BCUT2D eigenvalue weighted by Gasteiger charge is -2.35. The normalized spacial score (nSPS) is 25.9. The molecule has 114 valence electrons. The number of amides is 2. The van der Waals surface area contributed by atoms with E-state index in [1.165, 1.54) is 24.8 Å². The molecule has 2 atom stereocenters. The van der Waals surface area contributed by atoms with Crippen LogP contribution in [0.4, 0.5) is 10.5 Å². The van der Waals surface area contributed by atoms with Crippen molar-refractivity contribution in [3.63, 3.8) is 0 Å². The largest absolute Gasteiger partial charge is 0.324 e. The summed E-state index contributed by atoms with van der Waals surface area (Å²) in [5, 5.41) is 6.60. The second kappa shape index (κ2) is 6.48. The summed E-state index contributed by atoms with van der Waals surface area (Å²) in [6.07, 6.45) is 4.89. The van der Waals surface area contributed by atoms with E-state index >= 15 is 0 Å². The molecule has 2 aliphatic heterocycles. The Balaban J connectivity index is 1.57. The molecule has 2 amide bonds. The van der Waals surface area contributed by atoms with Crippen LogP contribution in [-0.2, 0) is 0 Å². The van der Waals surface area contributed by atoms with Crippen LogP contribution >= 0.6 is 0 Å². The van der Waals surface area contributed by atoms with Gasteiger partial charge in [0.1, 0.15) is 0 Å². The van der Waals surface area contributed by atoms with Crippen LogP contribution in [-0.4, -0.2) is 36.6 Å². The van der Waals surface area contributed by atoms with Gasteiger partial charge in [-0.1, -0.05) is 17.7 Å². The molecule has 2 fully saturated rings. The van der Waals surface area contributed by atoms with Gasteiger partial charge >= 0.3 is 6.03 Å². The van der Waals surface area contributed by atoms with E-state index in [2.05, 4.69) is 17.6 Å². The molecule has 0 spiro atoms. The molecule has 2 N–H and O–H groups in total. The molecule has 2 unspecified atom stereocenters. The Kier molecular flexibility index (Phi) is 4.44. The number of nitrogens with one attached hydrogen (secondary N) is 2. The van der Waals surface area contributed by atoms with Crippen LogP contribution in [0.5, 0.6) is 0 Å².